The number of carbonyl (C=O) groups is 1. The monoisotopic (exact) mass is 378 g/mol. The number of hydrogen-bond donors (Lipinski definition) is 0. The minimum absolute atomic E-state index is 0.0235. The van der Waals surface area contributed by atoms with E-state index < -0.39 is 0 Å². The van der Waals surface area contributed by atoms with E-state index in [0.717, 1.165) is 41.5 Å². The quantitative estimate of drug-likeness (QED) is 0.453. The Morgan fingerprint density at radius 2 is 1.81 bits per heavy atom. The highest BCUT2D eigenvalue weighted by Gasteiger charge is 2.08. The molecule has 0 aliphatic rings. The van der Waals surface area contributed by atoms with Crippen molar-refractivity contribution in [3.63, 3.8) is 0 Å². The van der Waals surface area contributed by atoms with Gasteiger partial charge in [0.1, 0.15) is 11.5 Å². The molecule has 5 nitrogen and oxygen atoms in total. The first kappa shape index (κ1) is 20.2. The topological polar surface area (TPSA) is 61.8 Å². The van der Waals surface area contributed by atoms with Crippen LogP contribution in [0.1, 0.15) is 39.5 Å². The molecular weight excluding hydrogens is 352 g/mol. The zero-order valence-electron chi connectivity index (χ0n) is 15.6. The molecule has 6 heteroatoms. The van der Waals surface area contributed by atoms with Crippen molar-refractivity contribution in [2.24, 2.45) is 5.92 Å². The molecule has 1 aromatic heterocycles. The summed E-state index contributed by atoms with van der Waals surface area (Å²) in [6, 6.07) is 7.15. The van der Waals surface area contributed by atoms with Crippen LogP contribution < -0.4 is 14.2 Å². The molecule has 0 radical (unpaired) electrons. The fraction of sp³-hybridized carbons (Fsp3) is 0.500. The fourth-order valence-electron chi connectivity index (χ4n) is 2.44. The third kappa shape index (κ3) is 6.02. The summed E-state index contributed by atoms with van der Waals surface area (Å²) in [5, 5.41) is 0.898. The van der Waals surface area contributed by atoms with Gasteiger partial charge in [0, 0.05) is 16.2 Å². The number of rotatable bonds is 10. The van der Waals surface area contributed by atoms with Gasteiger partial charge in [-0.1, -0.05) is 25.2 Å². The molecule has 0 spiro atoms. The highest BCUT2D eigenvalue weighted by molar-refractivity contribution is 7.16. The van der Waals surface area contributed by atoms with Crippen molar-refractivity contribution < 1.29 is 19.0 Å². The molecular formula is C20H26O5S. The summed E-state index contributed by atoms with van der Waals surface area (Å²) in [5.41, 5.74) is 0. The van der Waals surface area contributed by atoms with Crippen LogP contribution in [0, 0.1) is 5.92 Å². The molecule has 142 valence electrons. The number of ether oxygens (including phenoxy) is 3. The number of carbonyl (C=O) groups excluding carboxylic acids is 1. The molecule has 0 saturated heterocycles. The van der Waals surface area contributed by atoms with E-state index in [9.17, 15) is 9.59 Å². The lowest BCUT2D eigenvalue weighted by atomic mass is 10.2. The van der Waals surface area contributed by atoms with E-state index in [2.05, 4.69) is 0 Å². The van der Waals surface area contributed by atoms with Gasteiger partial charge in [-0.25, -0.2) is 0 Å². The summed E-state index contributed by atoms with van der Waals surface area (Å²) in [6.07, 6.45) is 3.71. The molecule has 0 aliphatic carbocycles. The van der Waals surface area contributed by atoms with Gasteiger partial charge in [0.05, 0.1) is 26.2 Å². The molecule has 1 aromatic carbocycles. The average Bonchev–Trinajstić information content (AvgIpc) is 2.62. The highest BCUT2D eigenvalue weighted by Crippen LogP contribution is 2.30. The molecule has 0 saturated carbocycles. The second kappa shape index (κ2) is 10.2. The Balaban J connectivity index is 1.77. The van der Waals surface area contributed by atoms with E-state index in [1.807, 2.05) is 32.0 Å². The van der Waals surface area contributed by atoms with Crippen molar-refractivity contribution in [2.45, 2.75) is 39.5 Å². The summed E-state index contributed by atoms with van der Waals surface area (Å²) in [4.78, 5) is 23.2. The Bertz CT molecular complexity index is 781. The van der Waals surface area contributed by atoms with Crippen LogP contribution in [0.15, 0.2) is 29.1 Å². The lowest BCUT2D eigenvalue weighted by Crippen LogP contribution is -2.12. The summed E-state index contributed by atoms with van der Waals surface area (Å²) in [5.74, 6) is 1.13. The van der Waals surface area contributed by atoms with Crippen molar-refractivity contribution in [1.82, 2.24) is 0 Å². The van der Waals surface area contributed by atoms with Crippen LogP contribution in [0.2, 0.25) is 0 Å². The molecule has 0 bridgehead atoms. The van der Waals surface area contributed by atoms with Gasteiger partial charge in [-0.05, 0) is 43.9 Å². The maximum atomic E-state index is 11.8. The molecule has 0 aliphatic heterocycles. The van der Waals surface area contributed by atoms with Gasteiger partial charge < -0.3 is 14.2 Å². The first-order valence-corrected chi connectivity index (χ1v) is 9.74. The Morgan fingerprint density at radius 3 is 2.50 bits per heavy atom. The van der Waals surface area contributed by atoms with E-state index in [1.54, 1.807) is 7.11 Å². The van der Waals surface area contributed by atoms with E-state index in [4.69, 9.17) is 14.2 Å². The Morgan fingerprint density at radius 1 is 1.08 bits per heavy atom. The van der Waals surface area contributed by atoms with Crippen molar-refractivity contribution in [1.29, 1.82) is 0 Å². The largest absolute Gasteiger partial charge is 0.497 e. The Labute approximate surface area is 157 Å². The van der Waals surface area contributed by atoms with Crippen LogP contribution in [0.4, 0.5) is 0 Å². The third-order valence-electron chi connectivity index (χ3n) is 3.92. The van der Waals surface area contributed by atoms with Gasteiger partial charge in [0.25, 0.3) is 0 Å². The van der Waals surface area contributed by atoms with Crippen molar-refractivity contribution >= 4 is 27.4 Å². The summed E-state index contributed by atoms with van der Waals surface area (Å²) < 4.78 is 17.1. The van der Waals surface area contributed by atoms with Crippen LogP contribution in [-0.2, 0) is 9.53 Å². The molecule has 1 heterocycles. The van der Waals surface area contributed by atoms with E-state index in [-0.39, 0.29) is 16.6 Å². The number of unbranched alkanes of at least 4 members (excludes halogenated alkanes) is 3. The van der Waals surface area contributed by atoms with Gasteiger partial charge in [0.15, 0.2) is 0 Å². The summed E-state index contributed by atoms with van der Waals surface area (Å²) in [7, 11) is 1.62. The van der Waals surface area contributed by atoms with Crippen LogP contribution in [0.3, 0.4) is 0 Å². The molecule has 0 unspecified atom stereocenters. The number of methoxy groups -OCH3 is 1. The summed E-state index contributed by atoms with van der Waals surface area (Å²) in [6.45, 7) is 4.68. The molecule has 0 atom stereocenters. The number of hydrogen-bond acceptors (Lipinski definition) is 6. The van der Waals surface area contributed by atoms with Gasteiger partial charge >= 0.3 is 5.97 Å². The fourth-order valence-corrected chi connectivity index (χ4v) is 3.23. The van der Waals surface area contributed by atoms with Gasteiger partial charge in [0.2, 0.25) is 4.74 Å². The predicted molar refractivity (Wildman–Crippen MR) is 104 cm³/mol. The second-order valence-corrected chi connectivity index (χ2v) is 7.42. The lowest BCUT2D eigenvalue weighted by molar-refractivity contribution is -0.147. The second-order valence-electron chi connectivity index (χ2n) is 6.38. The summed E-state index contributed by atoms with van der Waals surface area (Å²) >= 11 is 1.20. The Hall–Kier alpha value is -2.08. The molecule has 26 heavy (non-hydrogen) atoms. The normalized spacial score (nSPS) is 10.9. The van der Waals surface area contributed by atoms with Gasteiger partial charge in [-0.15, -0.1) is 0 Å². The van der Waals surface area contributed by atoms with Crippen LogP contribution in [0.5, 0.6) is 11.5 Å². The van der Waals surface area contributed by atoms with E-state index in [1.165, 1.54) is 17.4 Å². The SMILES string of the molecule is COc1ccc2sc(=O)cc(OCCCCCCOC(=O)C(C)C)c2c1. The zero-order chi connectivity index (χ0) is 18.9. The van der Waals surface area contributed by atoms with E-state index in [0.29, 0.717) is 19.0 Å². The van der Waals surface area contributed by atoms with Gasteiger partial charge in [-0.2, -0.15) is 0 Å². The third-order valence-corrected chi connectivity index (χ3v) is 4.82. The maximum absolute atomic E-state index is 11.8. The van der Waals surface area contributed by atoms with Crippen LogP contribution in [0.25, 0.3) is 10.1 Å². The zero-order valence-corrected chi connectivity index (χ0v) is 16.4. The molecule has 0 fully saturated rings. The van der Waals surface area contributed by atoms with Crippen LogP contribution >= 0.6 is 11.3 Å². The number of fused-ring (bicyclic) bond motifs is 1. The molecule has 2 rings (SSSR count). The van der Waals surface area contributed by atoms with Crippen LogP contribution in [-0.4, -0.2) is 26.3 Å². The van der Waals surface area contributed by atoms with Crippen molar-refractivity contribution in [3.8, 4) is 11.5 Å². The maximum Gasteiger partial charge on any atom is 0.308 e. The van der Waals surface area contributed by atoms with E-state index >= 15 is 0 Å². The minimum Gasteiger partial charge on any atom is -0.497 e. The van der Waals surface area contributed by atoms with Crippen molar-refractivity contribution in [3.05, 3.63) is 33.8 Å². The highest BCUT2D eigenvalue weighted by atomic mass is 32.1. The smallest absolute Gasteiger partial charge is 0.308 e. The molecule has 0 N–H and O–H groups in total. The standard InChI is InChI=1S/C20H26O5S/c1-14(2)20(22)25-11-7-5-4-6-10-24-17-13-19(21)26-18-9-8-15(23-3)12-16(17)18/h8-9,12-14H,4-7,10-11H2,1-3H3. The predicted octanol–water partition coefficient (Wildman–Crippen LogP) is 4.41. The first-order chi connectivity index (χ1) is 12.5. The number of esters is 1. The Kier molecular flexibility index (Phi) is 7.91. The minimum atomic E-state index is -0.144. The van der Waals surface area contributed by atoms with Gasteiger partial charge in [-0.3, -0.25) is 9.59 Å². The van der Waals surface area contributed by atoms with Crippen molar-refractivity contribution in [2.75, 3.05) is 20.3 Å². The molecule has 0 amide bonds. The number of benzene rings is 1. The lowest BCUT2D eigenvalue weighted by Gasteiger charge is -2.10. The first-order valence-electron chi connectivity index (χ1n) is 8.92. The molecule has 2 aromatic rings. The average molecular weight is 378 g/mol.